The monoisotopic (exact) mass is 419 g/mol. The topological polar surface area (TPSA) is 73.9 Å². The summed E-state index contributed by atoms with van der Waals surface area (Å²) in [6, 6.07) is 10.1. The highest BCUT2D eigenvalue weighted by Gasteiger charge is 2.18. The van der Waals surface area contributed by atoms with Crippen LogP contribution in [0.25, 0.3) is 6.08 Å². The molecule has 8 heteroatoms. The molecule has 0 radical (unpaired) electrons. The summed E-state index contributed by atoms with van der Waals surface area (Å²) in [5, 5.41) is 2.72. The summed E-state index contributed by atoms with van der Waals surface area (Å²) < 4.78 is 39.9. The van der Waals surface area contributed by atoms with E-state index in [1.807, 2.05) is 32.0 Å². The molecule has 0 saturated carbocycles. The van der Waals surface area contributed by atoms with Gasteiger partial charge in [-0.2, -0.15) is 8.78 Å². The SMILES string of the molecule is COc1cccc(/C=C/C(=O)O[C@@H](C)C(=O)Nc2cc(C)ccc2C)c1OC(F)F. The minimum atomic E-state index is -3.06. The van der Waals surface area contributed by atoms with E-state index in [1.165, 1.54) is 32.2 Å². The lowest BCUT2D eigenvalue weighted by Crippen LogP contribution is -2.29. The molecule has 0 aliphatic heterocycles. The van der Waals surface area contributed by atoms with Crippen LogP contribution in [0.3, 0.4) is 0 Å². The molecule has 6 nitrogen and oxygen atoms in total. The second-order valence-corrected chi connectivity index (χ2v) is 6.48. The number of ether oxygens (including phenoxy) is 3. The molecule has 0 unspecified atom stereocenters. The highest BCUT2D eigenvalue weighted by atomic mass is 19.3. The Morgan fingerprint density at radius 2 is 1.87 bits per heavy atom. The number of esters is 1. The number of carbonyl (C=O) groups excluding carboxylic acids is 2. The number of hydrogen-bond acceptors (Lipinski definition) is 5. The first-order valence-electron chi connectivity index (χ1n) is 9.10. The third kappa shape index (κ3) is 6.30. The summed E-state index contributed by atoms with van der Waals surface area (Å²) in [5.74, 6) is -1.43. The van der Waals surface area contributed by atoms with Crippen LogP contribution in [0.4, 0.5) is 14.5 Å². The van der Waals surface area contributed by atoms with Crippen molar-refractivity contribution in [3.05, 3.63) is 59.2 Å². The number of amides is 1. The van der Waals surface area contributed by atoms with Gasteiger partial charge in [0.1, 0.15) is 0 Å². The average Bonchev–Trinajstić information content (AvgIpc) is 2.69. The Hall–Kier alpha value is -3.42. The lowest BCUT2D eigenvalue weighted by Gasteiger charge is -2.14. The molecule has 0 aromatic heterocycles. The molecule has 160 valence electrons. The summed E-state index contributed by atoms with van der Waals surface area (Å²) in [4.78, 5) is 24.4. The van der Waals surface area contributed by atoms with Crippen molar-refractivity contribution in [2.24, 2.45) is 0 Å². The normalized spacial score (nSPS) is 12.0. The molecule has 2 aromatic carbocycles. The molecule has 1 amide bonds. The molecule has 0 bridgehead atoms. The molecule has 0 aliphatic rings. The first-order valence-corrected chi connectivity index (χ1v) is 9.10. The maximum atomic E-state index is 12.7. The molecular formula is C22H23F2NO5. The number of nitrogens with one attached hydrogen (secondary N) is 1. The van der Waals surface area contributed by atoms with Gasteiger partial charge in [0.2, 0.25) is 0 Å². The van der Waals surface area contributed by atoms with Gasteiger partial charge in [-0.3, -0.25) is 4.79 Å². The molecule has 0 spiro atoms. The minimum Gasteiger partial charge on any atom is -0.493 e. The third-order valence-electron chi connectivity index (χ3n) is 4.15. The van der Waals surface area contributed by atoms with Gasteiger partial charge in [0.15, 0.2) is 17.6 Å². The first-order chi connectivity index (χ1) is 14.2. The summed E-state index contributed by atoms with van der Waals surface area (Å²) in [5.41, 5.74) is 2.67. The predicted octanol–water partition coefficient (Wildman–Crippen LogP) is 4.50. The van der Waals surface area contributed by atoms with Crippen LogP contribution in [0.15, 0.2) is 42.5 Å². The van der Waals surface area contributed by atoms with Gasteiger partial charge in [0, 0.05) is 17.3 Å². The molecular weight excluding hydrogens is 396 g/mol. The van der Waals surface area contributed by atoms with Crippen molar-refractivity contribution in [2.75, 3.05) is 12.4 Å². The van der Waals surface area contributed by atoms with Gasteiger partial charge in [-0.1, -0.05) is 24.3 Å². The molecule has 0 saturated heterocycles. The van der Waals surface area contributed by atoms with Crippen LogP contribution < -0.4 is 14.8 Å². The van der Waals surface area contributed by atoms with Gasteiger partial charge in [-0.25, -0.2) is 4.79 Å². The van der Waals surface area contributed by atoms with E-state index in [9.17, 15) is 18.4 Å². The Balaban J connectivity index is 2.05. The maximum absolute atomic E-state index is 12.7. The van der Waals surface area contributed by atoms with Crippen molar-refractivity contribution < 1.29 is 32.6 Å². The second-order valence-electron chi connectivity index (χ2n) is 6.48. The Bertz CT molecular complexity index is 943. The van der Waals surface area contributed by atoms with Crippen molar-refractivity contribution in [2.45, 2.75) is 33.5 Å². The zero-order valence-corrected chi connectivity index (χ0v) is 17.1. The first kappa shape index (κ1) is 22.9. The minimum absolute atomic E-state index is 0.0899. The number of methoxy groups -OCH3 is 1. The number of anilines is 1. The van der Waals surface area contributed by atoms with Gasteiger partial charge in [-0.15, -0.1) is 0 Å². The van der Waals surface area contributed by atoms with Crippen LogP contribution in [-0.4, -0.2) is 31.7 Å². The molecule has 2 aromatic rings. The quantitative estimate of drug-likeness (QED) is 0.504. The number of hydrogen-bond donors (Lipinski definition) is 1. The summed E-state index contributed by atoms with van der Waals surface area (Å²) >= 11 is 0. The van der Waals surface area contributed by atoms with Gasteiger partial charge >= 0.3 is 12.6 Å². The van der Waals surface area contributed by atoms with Gasteiger partial charge in [0.25, 0.3) is 5.91 Å². The van der Waals surface area contributed by atoms with Crippen LogP contribution in [0.2, 0.25) is 0 Å². The highest BCUT2D eigenvalue weighted by Crippen LogP contribution is 2.33. The summed E-state index contributed by atoms with van der Waals surface area (Å²) in [6.07, 6.45) is 1.20. The van der Waals surface area contributed by atoms with E-state index in [2.05, 4.69) is 10.1 Å². The van der Waals surface area contributed by atoms with Crippen LogP contribution in [-0.2, 0) is 14.3 Å². The summed E-state index contributed by atoms with van der Waals surface area (Å²) in [6.45, 7) is 2.12. The largest absolute Gasteiger partial charge is 0.493 e. The van der Waals surface area contributed by atoms with Crippen molar-refractivity contribution in [3.8, 4) is 11.5 Å². The zero-order chi connectivity index (χ0) is 22.3. The van der Waals surface area contributed by atoms with Gasteiger partial charge in [0.05, 0.1) is 7.11 Å². The fourth-order valence-electron chi connectivity index (χ4n) is 2.57. The fourth-order valence-corrected chi connectivity index (χ4v) is 2.57. The number of benzene rings is 2. The van der Waals surface area contributed by atoms with Crippen molar-refractivity contribution in [3.63, 3.8) is 0 Å². The Morgan fingerprint density at radius 1 is 1.13 bits per heavy atom. The van der Waals surface area contributed by atoms with E-state index < -0.39 is 24.6 Å². The summed E-state index contributed by atoms with van der Waals surface area (Å²) in [7, 11) is 1.31. The molecule has 30 heavy (non-hydrogen) atoms. The van der Waals surface area contributed by atoms with Crippen molar-refractivity contribution in [1.29, 1.82) is 0 Å². The Morgan fingerprint density at radius 3 is 2.53 bits per heavy atom. The Labute approximate surface area is 173 Å². The van der Waals surface area contributed by atoms with Crippen LogP contribution >= 0.6 is 0 Å². The van der Waals surface area contributed by atoms with Crippen LogP contribution in [0, 0.1) is 13.8 Å². The van der Waals surface area contributed by atoms with Crippen LogP contribution in [0.1, 0.15) is 23.6 Å². The average molecular weight is 419 g/mol. The van der Waals surface area contributed by atoms with Gasteiger partial charge < -0.3 is 19.5 Å². The van der Waals surface area contributed by atoms with Crippen molar-refractivity contribution >= 4 is 23.6 Å². The number of rotatable bonds is 8. The molecule has 2 rings (SSSR count). The number of halogens is 2. The second kappa shape index (κ2) is 10.4. The number of para-hydroxylation sites is 1. The zero-order valence-electron chi connectivity index (χ0n) is 17.1. The predicted molar refractivity (Wildman–Crippen MR) is 109 cm³/mol. The number of carbonyl (C=O) groups is 2. The maximum Gasteiger partial charge on any atom is 0.387 e. The number of alkyl halides is 2. The van der Waals surface area contributed by atoms with E-state index in [0.29, 0.717) is 5.69 Å². The highest BCUT2D eigenvalue weighted by molar-refractivity contribution is 5.97. The van der Waals surface area contributed by atoms with Crippen molar-refractivity contribution in [1.82, 2.24) is 0 Å². The smallest absolute Gasteiger partial charge is 0.387 e. The van der Waals surface area contributed by atoms with E-state index in [-0.39, 0.29) is 17.1 Å². The standard InChI is InChI=1S/C22H23F2NO5/c1-13-8-9-14(2)17(12-13)25-21(27)15(3)29-19(26)11-10-16-6-5-7-18(28-4)20(16)30-22(23)24/h5-12,15,22H,1-4H3,(H,25,27)/b11-10+/t15-/m0/s1. The van der Waals surface area contributed by atoms with Gasteiger partial charge in [-0.05, 0) is 50.1 Å². The third-order valence-corrected chi connectivity index (χ3v) is 4.15. The van der Waals surface area contributed by atoms with E-state index in [0.717, 1.165) is 17.2 Å². The molecule has 1 N–H and O–H groups in total. The fraction of sp³-hybridized carbons (Fsp3) is 0.273. The lowest BCUT2D eigenvalue weighted by atomic mass is 10.1. The lowest BCUT2D eigenvalue weighted by molar-refractivity contribution is -0.148. The Kier molecular flexibility index (Phi) is 7.91. The molecule has 0 heterocycles. The van der Waals surface area contributed by atoms with E-state index >= 15 is 0 Å². The van der Waals surface area contributed by atoms with E-state index in [4.69, 9.17) is 9.47 Å². The van der Waals surface area contributed by atoms with Crippen LogP contribution in [0.5, 0.6) is 11.5 Å². The molecule has 0 fully saturated rings. The van der Waals surface area contributed by atoms with E-state index in [1.54, 1.807) is 6.07 Å². The molecule has 1 atom stereocenters. The number of aryl methyl sites for hydroxylation is 2. The molecule has 0 aliphatic carbocycles.